The zero-order chi connectivity index (χ0) is 19.1. The van der Waals surface area contributed by atoms with Crippen molar-refractivity contribution in [1.29, 1.82) is 0 Å². The fourth-order valence-corrected chi connectivity index (χ4v) is 4.00. The van der Waals surface area contributed by atoms with Gasteiger partial charge in [0.1, 0.15) is 6.73 Å². The average molecular weight is 372 g/mol. The molecule has 4 nitrogen and oxygen atoms in total. The van der Waals surface area contributed by atoms with Crippen LogP contribution in [0, 0.1) is 13.8 Å². The number of ether oxygens (including phenoxy) is 1. The molecule has 0 fully saturated rings. The van der Waals surface area contributed by atoms with Crippen LogP contribution in [-0.2, 0) is 4.74 Å². The zero-order valence-electron chi connectivity index (χ0n) is 17.6. The van der Waals surface area contributed by atoms with E-state index in [1.165, 1.54) is 67.4 Å². The van der Waals surface area contributed by atoms with Crippen LogP contribution in [0.1, 0.15) is 75.8 Å². The molecule has 0 amide bonds. The summed E-state index contributed by atoms with van der Waals surface area (Å²) in [6.07, 6.45) is 11.8. The van der Waals surface area contributed by atoms with E-state index in [9.17, 15) is 0 Å². The molecule has 0 radical (unpaired) electrons. The molecular formula is C23H37N3O. The van der Waals surface area contributed by atoms with Crippen LogP contribution in [0.5, 0.6) is 0 Å². The number of aryl methyl sites for hydroxylation is 2. The Morgan fingerprint density at radius 2 is 1.59 bits per heavy atom. The van der Waals surface area contributed by atoms with Crippen molar-refractivity contribution in [3.63, 3.8) is 0 Å². The van der Waals surface area contributed by atoms with E-state index >= 15 is 0 Å². The van der Waals surface area contributed by atoms with Crippen LogP contribution in [-0.4, -0.2) is 32.4 Å². The first-order valence-corrected chi connectivity index (χ1v) is 11.0. The molecule has 0 N–H and O–H groups in total. The van der Waals surface area contributed by atoms with Gasteiger partial charge in [0.2, 0.25) is 5.96 Å². The molecule has 0 bridgehead atoms. The summed E-state index contributed by atoms with van der Waals surface area (Å²) in [6.45, 7) is 10.1. The highest BCUT2D eigenvalue weighted by Gasteiger charge is 2.34. The second-order valence-electron chi connectivity index (χ2n) is 8.05. The maximum Gasteiger partial charge on any atom is 0.207 e. The number of aliphatic imine (C=N–C) groups is 1. The third kappa shape index (κ3) is 5.04. The van der Waals surface area contributed by atoms with Crippen LogP contribution in [0.2, 0.25) is 0 Å². The number of rotatable bonds is 11. The first kappa shape index (κ1) is 20.2. The Hall–Kier alpha value is -1.55. The van der Waals surface area contributed by atoms with E-state index in [2.05, 4.69) is 42.7 Å². The van der Waals surface area contributed by atoms with Crippen LogP contribution in [0.4, 0.5) is 11.4 Å². The third-order valence-corrected chi connectivity index (χ3v) is 5.81. The van der Waals surface area contributed by atoms with Crippen LogP contribution in [0.3, 0.4) is 0 Å². The smallest absolute Gasteiger partial charge is 0.207 e. The Balaban J connectivity index is 1.46. The highest BCUT2D eigenvalue weighted by atomic mass is 16.5. The molecule has 2 heterocycles. The van der Waals surface area contributed by atoms with Crippen molar-refractivity contribution in [1.82, 2.24) is 0 Å². The summed E-state index contributed by atoms with van der Waals surface area (Å²) in [5, 5.41) is 0. The van der Waals surface area contributed by atoms with Crippen molar-refractivity contribution in [3.8, 4) is 0 Å². The number of hydrogen-bond acceptors (Lipinski definition) is 4. The van der Waals surface area contributed by atoms with Crippen LogP contribution in [0.25, 0.3) is 0 Å². The molecule has 0 saturated carbocycles. The SMILES string of the molecule is CCCCCCCCCCOCN1C2=NCCCN2c2cc(C)c(C)cc21. The lowest BCUT2D eigenvalue weighted by Gasteiger charge is -2.26. The molecule has 4 heteroatoms. The van der Waals surface area contributed by atoms with E-state index in [1.54, 1.807) is 0 Å². The minimum absolute atomic E-state index is 0.612. The summed E-state index contributed by atoms with van der Waals surface area (Å²) in [5.74, 6) is 1.08. The molecule has 0 atom stereocenters. The van der Waals surface area contributed by atoms with E-state index in [4.69, 9.17) is 9.73 Å². The largest absolute Gasteiger partial charge is 0.361 e. The lowest BCUT2D eigenvalue weighted by Crippen LogP contribution is -2.42. The minimum atomic E-state index is 0.612. The molecule has 0 spiro atoms. The number of nitrogens with zero attached hydrogens (tertiary/aromatic N) is 3. The molecule has 2 aliphatic rings. The van der Waals surface area contributed by atoms with Gasteiger partial charge in [-0.05, 0) is 49.9 Å². The Labute approximate surface area is 165 Å². The summed E-state index contributed by atoms with van der Waals surface area (Å²) >= 11 is 0. The molecular weight excluding hydrogens is 334 g/mol. The van der Waals surface area contributed by atoms with Gasteiger partial charge >= 0.3 is 0 Å². The Morgan fingerprint density at radius 1 is 0.926 bits per heavy atom. The average Bonchev–Trinajstić information content (AvgIpc) is 2.97. The van der Waals surface area contributed by atoms with Gasteiger partial charge < -0.3 is 9.64 Å². The van der Waals surface area contributed by atoms with Crippen molar-refractivity contribution in [2.24, 2.45) is 4.99 Å². The van der Waals surface area contributed by atoms with Crippen LogP contribution < -0.4 is 9.80 Å². The maximum absolute atomic E-state index is 6.06. The maximum atomic E-state index is 6.06. The summed E-state index contributed by atoms with van der Waals surface area (Å²) in [7, 11) is 0. The Kier molecular flexibility index (Phi) is 7.57. The van der Waals surface area contributed by atoms with Gasteiger partial charge in [-0.2, -0.15) is 0 Å². The van der Waals surface area contributed by atoms with Gasteiger partial charge in [0, 0.05) is 19.7 Å². The number of unbranched alkanes of at least 4 members (excludes halogenated alkanes) is 7. The zero-order valence-corrected chi connectivity index (χ0v) is 17.6. The van der Waals surface area contributed by atoms with E-state index in [0.29, 0.717) is 6.73 Å². The predicted octanol–water partition coefficient (Wildman–Crippen LogP) is 5.80. The predicted molar refractivity (Wildman–Crippen MR) is 116 cm³/mol. The van der Waals surface area contributed by atoms with Crippen molar-refractivity contribution in [2.45, 2.75) is 78.6 Å². The molecule has 1 aromatic carbocycles. The summed E-state index contributed by atoms with van der Waals surface area (Å²) in [6, 6.07) is 4.61. The molecule has 0 saturated heterocycles. The fraction of sp³-hybridized carbons (Fsp3) is 0.696. The number of fused-ring (bicyclic) bond motifs is 3. The highest BCUT2D eigenvalue weighted by molar-refractivity contribution is 6.16. The van der Waals surface area contributed by atoms with Gasteiger partial charge in [0.25, 0.3) is 0 Å². The Morgan fingerprint density at radius 3 is 2.33 bits per heavy atom. The van der Waals surface area contributed by atoms with Crippen molar-refractivity contribution in [2.75, 3.05) is 36.2 Å². The van der Waals surface area contributed by atoms with Crippen molar-refractivity contribution < 1.29 is 4.74 Å². The molecule has 27 heavy (non-hydrogen) atoms. The lowest BCUT2D eigenvalue weighted by atomic mass is 10.1. The van der Waals surface area contributed by atoms with Crippen molar-refractivity contribution >= 4 is 17.3 Å². The molecule has 0 aromatic heterocycles. The number of hydrogen-bond donors (Lipinski definition) is 0. The van der Waals surface area contributed by atoms with Gasteiger partial charge in [-0.15, -0.1) is 0 Å². The van der Waals surface area contributed by atoms with Crippen LogP contribution >= 0.6 is 0 Å². The molecule has 150 valence electrons. The normalized spacial score (nSPS) is 15.7. The minimum Gasteiger partial charge on any atom is -0.361 e. The summed E-state index contributed by atoms with van der Waals surface area (Å²) in [4.78, 5) is 9.43. The summed E-state index contributed by atoms with van der Waals surface area (Å²) in [5.41, 5.74) is 5.24. The van der Waals surface area contributed by atoms with Crippen molar-refractivity contribution in [3.05, 3.63) is 23.3 Å². The van der Waals surface area contributed by atoms with E-state index in [0.717, 1.165) is 38.5 Å². The molecule has 2 aliphatic heterocycles. The number of guanidine groups is 1. The molecule has 0 unspecified atom stereocenters. The monoisotopic (exact) mass is 371 g/mol. The Bertz CT molecular complexity index is 641. The van der Waals surface area contributed by atoms with Gasteiger partial charge in [0.05, 0.1) is 11.4 Å². The molecule has 1 aromatic rings. The third-order valence-electron chi connectivity index (χ3n) is 5.81. The van der Waals surface area contributed by atoms with E-state index < -0.39 is 0 Å². The van der Waals surface area contributed by atoms with Gasteiger partial charge in [-0.3, -0.25) is 9.89 Å². The van der Waals surface area contributed by atoms with Gasteiger partial charge in [-0.1, -0.05) is 51.9 Å². The lowest BCUT2D eigenvalue weighted by molar-refractivity contribution is 0.137. The fourth-order valence-electron chi connectivity index (χ4n) is 4.00. The summed E-state index contributed by atoms with van der Waals surface area (Å²) < 4.78 is 6.06. The van der Waals surface area contributed by atoms with Gasteiger partial charge in [0.15, 0.2) is 0 Å². The molecule has 3 rings (SSSR count). The standard InChI is InChI=1S/C23H37N3O/c1-4-5-6-7-8-9-10-11-15-27-18-26-22-17-20(3)19(2)16-21(22)25-14-12-13-24-23(25)26/h16-17H,4-15,18H2,1-3H3. The number of benzene rings is 1. The van der Waals surface area contributed by atoms with E-state index in [1.807, 2.05) is 0 Å². The van der Waals surface area contributed by atoms with Gasteiger partial charge in [-0.25, -0.2) is 0 Å². The van der Waals surface area contributed by atoms with E-state index in [-0.39, 0.29) is 0 Å². The number of anilines is 2. The first-order valence-electron chi connectivity index (χ1n) is 11.0. The van der Waals surface area contributed by atoms with Crippen LogP contribution in [0.15, 0.2) is 17.1 Å². The molecule has 0 aliphatic carbocycles. The topological polar surface area (TPSA) is 28.1 Å². The highest BCUT2D eigenvalue weighted by Crippen LogP contribution is 2.40. The first-order chi connectivity index (χ1) is 13.2. The second-order valence-corrected chi connectivity index (χ2v) is 8.05. The second kappa shape index (κ2) is 10.1. The quantitative estimate of drug-likeness (QED) is 0.460.